The third kappa shape index (κ3) is 18.1. The normalized spacial score (nSPS) is 11.5. The lowest BCUT2D eigenvalue weighted by Gasteiger charge is -2.20. The molecule has 51 heavy (non-hydrogen) atoms. The maximum Gasteiger partial charge on any atom is 0.411 e. The van der Waals surface area contributed by atoms with Crippen molar-refractivity contribution in [1.29, 1.82) is 0 Å². The quantitative estimate of drug-likeness (QED) is 0.0619. The van der Waals surface area contributed by atoms with Gasteiger partial charge >= 0.3 is 18.2 Å². The molecule has 18 nitrogen and oxygen atoms in total. The molecule has 0 saturated heterocycles. The van der Waals surface area contributed by atoms with Gasteiger partial charge in [0.05, 0.1) is 26.4 Å². The van der Waals surface area contributed by atoms with Crippen LogP contribution in [0.1, 0.15) is 16.7 Å². The Balaban J connectivity index is 0.00000901. The van der Waals surface area contributed by atoms with E-state index in [9.17, 15) is 29.1 Å². The summed E-state index contributed by atoms with van der Waals surface area (Å²) in [7, 11) is 0. The molecule has 0 spiro atoms. The molecule has 18 heteroatoms. The molecule has 0 aromatic heterocycles. The second kappa shape index (κ2) is 24.5. The van der Waals surface area contributed by atoms with Crippen LogP contribution < -0.4 is 26.6 Å². The van der Waals surface area contributed by atoms with Crippen LogP contribution in [0.5, 0.6) is 0 Å². The number of carboxylic acids is 1. The Morgan fingerprint density at radius 1 is 0.569 bits per heavy atom. The smallest absolute Gasteiger partial charge is 0.411 e. The summed E-state index contributed by atoms with van der Waals surface area (Å²) in [6, 6.07) is 27.5. The highest BCUT2D eigenvalue weighted by Gasteiger charge is 2.25. The van der Waals surface area contributed by atoms with Crippen LogP contribution in [-0.2, 0) is 62.6 Å². The summed E-state index contributed by atoms with van der Waals surface area (Å²) < 4.78 is 31.0. The molecule has 0 aliphatic heterocycles. The van der Waals surface area contributed by atoms with Crippen LogP contribution in [0.15, 0.2) is 91.0 Å². The van der Waals surface area contributed by atoms with Crippen molar-refractivity contribution in [2.45, 2.75) is 32.2 Å². The molecule has 2 unspecified atom stereocenters. The monoisotopic (exact) mass is 715 g/mol. The number of carbonyl (C=O) groups is 5. The van der Waals surface area contributed by atoms with E-state index in [-0.39, 0.29) is 38.8 Å². The van der Waals surface area contributed by atoms with Crippen molar-refractivity contribution >= 4 is 30.0 Å². The van der Waals surface area contributed by atoms with Crippen molar-refractivity contribution in [3.05, 3.63) is 108 Å². The van der Waals surface area contributed by atoms with E-state index < -0.39 is 62.4 Å². The SMILES string of the molecule is O.O=C(CNC(=O)C(NCOCOCc1ccccc1)NC(=O)OCOCc1ccccc1)NC(NC(=O)OCOCc1ccccc1)C(=O)O. The number of hydrogen-bond acceptors (Lipinski definition) is 12. The topological polar surface area (TPSA) is 253 Å². The number of carboxylic acid groups (broad SMARTS) is 1. The predicted octanol–water partition coefficient (Wildman–Crippen LogP) is 0.670. The van der Waals surface area contributed by atoms with E-state index in [0.717, 1.165) is 16.7 Å². The van der Waals surface area contributed by atoms with Crippen LogP contribution in [0.2, 0.25) is 0 Å². The highest BCUT2D eigenvalue weighted by molar-refractivity contribution is 5.91. The van der Waals surface area contributed by atoms with Crippen LogP contribution >= 0.6 is 0 Å². The molecular weight excluding hydrogens is 674 g/mol. The Morgan fingerprint density at radius 3 is 1.45 bits per heavy atom. The van der Waals surface area contributed by atoms with Gasteiger partial charge in [-0.1, -0.05) is 91.0 Å². The van der Waals surface area contributed by atoms with Crippen molar-refractivity contribution in [1.82, 2.24) is 26.6 Å². The minimum absolute atomic E-state index is 0. The molecule has 3 aromatic carbocycles. The van der Waals surface area contributed by atoms with Gasteiger partial charge in [0.2, 0.25) is 12.1 Å². The molecule has 0 fully saturated rings. The van der Waals surface area contributed by atoms with Gasteiger partial charge in [0, 0.05) is 0 Å². The number of rotatable bonds is 22. The Labute approximate surface area is 293 Å². The summed E-state index contributed by atoms with van der Waals surface area (Å²) in [5.74, 6) is -3.52. The van der Waals surface area contributed by atoms with Crippen molar-refractivity contribution < 1.29 is 63.0 Å². The predicted molar refractivity (Wildman–Crippen MR) is 177 cm³/mol. The Kier molecular flexibility index (Phi) is 20.0. The number of amides is 4. The molecule has 0 saturated carbocycles. The molecule has 0 heterocycles. The number of hydrogen-bond donors (Lipinski definition) is 6. The number of nitrogens with one attached hydrogen (secondary N) is 5. The van der Waals surface area contributed by atoms with Crippen LogP contribution in [-0.4, -0.2) is 86.5 Å². The van der Waals surface area contributed by atoms with Crippen molar-refractivity contribution in [2.24, 2.45) is 0 Å². The summed E-state index contributed by atoms with van der Waals surface area (Å²) in [5.41, 5.74) is 2.60. The van der Waals surface area contributed by atoms with Crippen LogP contribution in [0.4, 0.5) is 9.59 Å². The zero-order valence-corrected chi connectivity index (χ0v) is 27.4. The average molecular weight is 716 g/mol. The Bertz CT molecular complexity index is 1470. The molecule has 0 aliphatic rings. The van der Waals surface area contributed by atoms with E-state index in [1.165, 1.54) is 0 Å². The molecular formula is C33H41N5O13. The second-order valence-corrected chi connectivity index (χ2v) is 10.1. The summed E-state index contributed by atoms with van der Waals surface area (Å²) in [6.45, 7) is -1.47. The fraction of sp³-hybridized carbons (Fsp3) is 0.303. The van der Waals surface area contributed by atoms with Crippen LogP contribution in [0.3, 0.4) is 0 Å². The van der Waals surface area contributed by atoms with E-state index in [4.69, 9.17) is 28.4 Å². The van der Waals surface area contributed by atoms with Gasteiger partial charge in [-0.2, -0.15) is 0 Å². The molecule has 3 aromatic rings. The zero-order valence-electron chi connectivity index (χ0n) is 27.4. The summed E-state index contributed by atoms with van der Waals surface area (Å²) in [4.78, 5) is 61.4. The largest absolute Gasteiger partial charge is 0.478 e. The third-order valence-electron chi connectivity index (χ3n) is 6.20. The van der Waals surface area contributed by atoms with E-state index in [2.05, 4.69) is 16.0 Å². The number of aliphatic carboxylic acids is 1. The molecule has 2 atom stereocenters. The van der Waals surface area contributed by atoms with E-state index in [0.29, 0.717) is 0 Å². The van der Waals surface area contributed by atoms with Crippen LogP contribution in [0, 0.1) is 0 Å². The average Bonchev–Trinajstić information content (AvgIpc) is 3.12. The highest BCUT2D eigenvalue weighted by Crippen LogP contribution is 2.02. The lowest BCUT2D eigenvalue weighted by molar-refractivity contribution is -0.142. The highest BCUT2D eigenvalue weighted by atomic mass is 16.7. The van der Waals surface area contributed by atoms with E-state index in [1.807, 2.05) is 77.4 Å². The molecule has 0 aliphatic carbocycles. The summed E-state index contributed by atoms with van der Waals surface area (Å²) in [6.07, 6.45) is -5.58. The summed E-state index contributed by atoms with van der Waals surface area (Å²) >= 11 is 0. The van der Waals surface area contributed by atoms with Gasteiger partial charge in [-0.3, -0.25) is 25.5 Å². The third-order valence-corrected chi connectivity index (χ3v) is 6.20. The fourth-order valence-corrected chi connectivity index (χ4v) is 3.80. The van der Waals surface area contributed by atoms with Gasteiger partial charge < -0.3 is 49.6 Å². The molecule has 3 rings (SSSR count). The minimum Gasteiger partial charge on any atom is -0.478 e. The Morgan fingerprint density at radius 2 is 1.00 bits per heavy atom. The first-order valence-electron chi connectivity index (χ1n) is 15.1. The van der Waals surface area contributed by atoms with Gasteiger partial charge in [0.1, 0.15) is 13.5 Å². The number of ether oxygens (including phenoxy) is 6. The number of alkyl carbamates (subject to hydrolysis) is 2. The molecule has 8 N–H and O–H groups in total. The molecule has 0 radical (unpaired) electrons. The zero-order chi connectivity index (χ0) is 35.8. The van der Waals surface area contributed by atoms with Gasteiger partial charge in [-0.15, -0.1) is 0 Å². The molecule has 0 bridgehead atoms. The minimum atomic E-state index is -1.90. The number of benzene rings is 3. The first kappa shape index (κ1) is 41.5. The lowest BCUT2D eigenvalue weighted by Crippen LogP contribution is -2.58. The second-order valence-electron chi connectivity index (χ2n) is 10.1. The fourth-order valence-electron chi connectivity index (χ4n) is 3.80. The van der Waals surface area contributed by atoms with Gasteiger partial charge in [0.15, 0.2) is 19.8 Å². The first-order chi connectivity index (χ1) is 24.3. The number of carbonyl (C=O) groups excluding carboxylic acids is 4. The van der Waals surface area contributed by atoms with E-state index >= 15 is 0 Å². The van der Waals surface area contributed by atoms with Gasteiger partial charge in [0.25, 0.3) is 5.91 Å². The molecule has 4 amide bonds. The first-order valence-corrected chi connectivity index (χ1v) is 15.1. The van der Waals surface area contributed by atoms with Crippen LogP contribution in [0.25, 0.3) is 0 Å². The molecule has 276 valence electrons. The van der Waals surface area contributed by atoms with Crippen molar-refractivity contribution in [3.8, 4) is 0 Å². The van der Waals surface area contributed by atoms with Gasteiger partial charge in [-0.25, -0.2) is 14.4 Å². The van der Waals surface area contributed by atoms with E-state index in [1.54, 1.807) is 24.3 Å². The Hall–Kier alpha value is -5.63. The van der Waals surface area contributed by atoms with Crippen molar-refractivity contribution in [3.63, 3.8) is 0 Å². The summed E-state index contributed by atoms with van der Waals surface area (Å²) in [5, 5.41) is 20.6. The maximum absolute atomic E-state index is 12.9. The van der Waals surface area contributed by atoms with Crippen molar-refractivity contribution in [2.75, 3.05) is 33.7 Å². The van der Waals surface area contributed by atoms with Gasteiger partial charge in [-0.05, 0) is 16.7 Å². The lowest BCUT2D eigenvalue weighted by atomic mass is 10.2. The standard InChI is InChI=1S/C33H39N5O12.H2O/c39-27(36-29(31(41)42)38-33(44)50-23-47-19-26-14-8-3-9-15-26)16-34-30(40)28(35-20-48-21-45-17-24-10-4-1-5-11-24)37-32(43)49-22-46-18-25-12-6-2-7-13-25;/h1-15,28-29,35H,16-23H2,(H,34,40)(H,36,39)(H,37,43)(H,38,44)(H,41,42);1H2. The maximum atomic E-state index is 12.9.